The Kier molecular flexibility index (Phi) is 10.2. The van der Waals surface area contributed by atoms with Gasteiger partial charge in [0.2, 0.25) is 11.5 Å². The molecule has 1 aromatic carbocycles. The average Bonchev–Trinajstić information content (AvgIpc) is 3.11. The minimum atomic E-state index is -2.96. The molecule has 40 heavy (non-hydrogen) atoms. The summed E-state index contributed by atoms with van der Waals surface area (Å²) in [5, 5.41) is 33.8. The van der Waals surface area contributed by atoms with Crippen molar-refractivity contribution in [1.29, 1.82) is 0 Å². The number of hydrogen-bond acceptors (Lipinski definition) is 11. The van der Waals surface area contributed by atoms with Crippen LogP contribution in [0, 0.1) is 5.92 Å². The van der Waals surface area contributed by atoms with Crippen LogP contribution in [0.2, 0.25) is 10.0 Å². The Bertz CT molecular complexity index is 1460. The molecule has 1 fully saturated rings. The first-order valence-electron chi connectivity index (χ1n) is 11.4. The zero-order chi connectivity index (χ0) is 29.8. The summed E-state index contributed by atoms with van der Waals surface area (Å²) in [5.41, 5.74) is 5.08. The van der Waals surface area contributed by atoms with E-state index < -0.39 is 62.2 Å². The van der Waals surface area contributed by atoms with E-state index in [1.807, 2.05) is 4.98 Å². The number of carboxylic acids is 1. The highest BCUT2D eigenvalue weighted by molar-refractivity contribution is 7.34. The van der Waals surface area contributed by atoms with E-state index in [1.165, 1.54) is 12.1 Å². The molecule has 4 N–H and O–H groups in total. The summed E-state index contributed by atoms with van der Waals surface area (Å²) in [5.74, 6) is -2.04. The maximum absolute atomic E-state index is 12.6. The van der Waals surface area contributed by atoms with E-state index in [-0.39, 0.29) is 33.9 Å². The zero-order valence-corrected chi connectivity index (χ0v) is 23.2. The molecule has 2 heterocycles. The van der Waals surface area contributed by atoms with Crippen LogP contribution in [0.5, 0.6) is 11.5 Å². The number of carbonyl (C=O) groups is 1. The Morgan fingerprint density at radius 2 is 2.05 bits per heavy atom. The molecule has 1 aliphatic rings. The summed E-state index contributed by atoms with van der Waals surface area (Å²) in [6.45, 7) is 2.68. The molecule has 6 atom stereocenters. The van der Waals surface area contributed by atoms with Gasteiger partial charge in [0.25, 0.3) is 5.56 Å². The van der Waals surface area contributed by atoms with E-state index in [4.69, 9.17) is 42.7 Å². The van der Waals surface area contributed by atoms with Crippen molar-refractivity contribution in [3.05, 3.63) is 65.7 Å². The Balaban J connectivity index is 1.93. The molecule has 0 radical (unpaired) electrons. The van der Waals surface area contributed by atoms with E-state index in [9.17, 15) is 34.6 Å². The van der Waals surface area contributed by atoms with Crippen LogP contribution in [0.25, 0.3) is 10.4 Å². The number of nitrogens with one attached hydrogen (secondary N) is 1. The predicted molar refractivity (Wildman–Crippen MR) is 138 cm³/mol. The average molecular weight is 621 g/mol. The Morgan fingerprint density at radius 1 is 1.35 bits per heavy atom. The van der Waals surface area contributed by atoms with Gasteiger partial charge in [0, 0.05) is 17.2 Å². The second-order valence-corrected chi connectivity index (χ2v) is 10.6. The number of nitrogens with zero attached hydrogens (tertiary/aromatic N) is 5. The van der Waals surface area contributed by atoms with E-state index in [0.717, 1.165) is 16.8 Å². The van der Waals surface area contributed by atoms with Crippen molar-refractivity contribution >= 4 is 37.3 Å². The van der Waals surface area contributed by atoms with Crippen LogP contribution in [0.15, 0.2) is 43.8 Å². The van der Waals surface area contributed by atoms with Crippen molar-refractivity contribution in [2.45, 2.75) is 50.5 Å². The summed E-state index contributed by atoms with van der Waals surface area (Å²) in [6.07, 6.45) is -4.34. The highest BCUT2D eigenvalue weighted by Gasteiger charge is 2.56. The van der Waals surface area contributed by atoms with Gasteiger partial charge in [0.15, 0.2) is 18.0 Å². The molecule has 216 valence electrons. The van der Waals surface area contributed by atoms with Gasteiger partial charge in [-0.1, -0.05) is 46.9 Å². The minimum absolute atomic E-state index is 0.0529. The molecule has 16 nitrogen and oxygen atoms in total. The van der Waals surface area contributed by atoms with E-state index in [1.54, 1.807) is 13.8 Å². The van der Waals surface area contributed by atoms with Crippen molar-refractivity contribution < 1.29 is 39.0 Å². The molecule has 3 rings (SSSR count). The Morgan fingerprint density at radius 3 is 2.65 bits per heavy atom. The first-order chi connectivity index (χ1) is 18.8. The standard InChI is InChI=1S/C21H23Cl2N6O10P/c1-9(2)7-11(19(33)34)26-40(36)39-12-4-3-10(22)14(23)16(12)37-8-21(27-28-24)17(32)15(31)18(38-21)29-6-5-13(30)25-20(29)35/h3-6,9,11,15,17-18,31-32H,7-8H2,1-2H3,(H,33,34)(H,25,30,35)/t11-,15+,17-,18+,21+/m0/s1. The fraction of sp³-hybridized carbons (Fsp3) is 0.476. The van der Waals surface area contributed by atoms with Crippen LogP contribution in [-0.2, 0) is 9.53 Å². The minimum Gasteiger partial charge on any atom is -0.575 e. The summed E-state index contributed by atoms with van der Waals surface area (Å²) < 4.78 is 21.0. The fourth-order valence-corrected chi connectivity index (χ4v) is 4.83. The number of halogens is 2. The van der Waals surface area contributed by atoms with Gasteiger partial charge in [-0.3, -0.25) is 18.9 Å². The monoisotopic (exact) mass is 620 g/mol. The lowest BCUT2D eigenvalue weighted by Crippen LogP contribution is -2.46. The molecule has 0 saturated carbocycles. The fourth-order valence-electron chi connectivity index (χ4n) is 3.69. The smallest absolute Gasteiger partial charge is 0.395 e. The highest BCUT2D eigenvalue weighted by atomic mass is 35.5. The van der Waals surface area contributed by atoms with E-state index in [2.05, 4.69) is 14.8 Å². The van der Waals surface area contributed by atoms with Gasteiger partial charge in [-0.25, -0.2) is 9.59 Å². The molecule has 0 amide bonds. The van der Waals surface area contributed by atoms with Crippen LogP contribution in [0.3, 0.4) is 0 Å². The summed E-state index contributed by atoms with van der Waals surface area (Å²) >= 11 is 12.3. The number of rotatable bonds is 11. The molecule has 0 aliphatic carbocycles. The number of aliphatic hydroxyl groups is 2. The molecule has 1 unspecified atom stereocenters. The second kappa shape index (κ2) is 13.0. The van der Waals surface area contributed by atoms with Gasteiger partial charge in [-0.15, -0.1) is 0 Å². The molecular weight excluding hydrogens is 598 g/mol. The van der Waals surface area contributed by atoms with Crippen molar-refractivity contribution in [3.8, 4) is 11.5 Å². The molecule has 1 aromatic heterocycles. The van der Waals surface area contributed by atoms with Gasteiger partial charge in [-0.05, 0) is 30.0 Å². The molecule has 19 heteroatoms. The van der Waals surface area contributed by atoms with Crippen molar-refractivity contribution in [2.75, 3.05) is 6.61 Å². The quantitative estimate of drug-likeness (QED) is 0.123. The number of aliphatic carboxylic acids is 1. The van der Waals surface area contributed by atoms with Crippen molar-refractivity contribution in [1.82, 2.24) is 9.55 Å². The third-order valence-electron chi connectivity index (χ3n) is 5.57. The SMILES string of the molecule is CC(C)C[C@H](N=[P+]([O-])Oc1ccc(Cl)c(Cl)c1OC[C@@]1(N=[N+]=[N-])O[C@@H](n2ccc(=O)[nH]c2=O)[C@H](O)[C@@H]1O)C(=O)O. The molecule has 2 aromatic rings. The number of ether oxygens (including phenoxy) is 2. The molecule has 0 spiro atoms. The highest BCUT2D eigenvalue weighted by Crippen LogP contribution is 2.45. The molecule has 1 saturated heterocycles. The predicted octanol–water partition coefficient (Wildman–Crippen LogP) is 1.91. The van der Waals surface area contributed by atoms with E-state index >= 15 is 0 Å². The van der Waals surface area contributed by atoms with Crippen LogP contribution in [-0.4, -0.2) is 61.4 Å². The Labute approximate surface area is 235 Å². The zero-order valence-electron chi connectivity index (χ0n) is 20.7. The normalized spacial score (nSPS) is 23.5. The van der Waals surface area contributed by atoms with Gasteiger partial charge >= 0.3 is 19.8 Å². The third-order valence-corrected chi connectivity index (χ3v) is 7.18. The van der Waals surface area contributed by atoms with Crippen LogP contribution in [0.1, 0.15) is 26.5 Å². The summed E-state index contributed by atoms with van der Waals surface area (Å²) in [4.78, 5) is 52.3. The maximum atomic E-state index is 12.6. The molecular formula is C21H23Cl2N6O10P. The lowest BCUT2D eigenvalue weighted by Gasteiger charge is -2.27. The number of aromatic nitrogens is 2. The van der Waals surface area contributed by atoms with Gasteiger partial charge in [0.05, 0.1) is 5.02 Å². The number of benzene rings is 1. The Hall–Kier alpha value is -3.20. The molecule has 0 bridgehead atoms. The third kappa shape index (κ3) is 6.92. The van der Waals surface area contributed by atoms with Crippen molar-refractivity contribution in [3.63, 3.8) is 0 Å². The van der Waals surface area contributed by atoms with E-state index in [0.29, 0.717) is 0 Å². The number of hydrogen-bond donors (Lipinski definition) is 4. The van der Waals surface area contributed by atoms with Gasteiger partial charge in [0.1, 0.15) is 23.8 Å². The first-order valence-corrected chi connectivity index (χ1v) is 13.3. The number of azide groups is 1. The molecule has 1 aliphatic heterocycles. The number of carboxylic acid groups (broad SMARTS) is 1. The van der Waals surface area contributed by atoms with Gasteiger partial charge < -0.3 is 29.7 Å². The van der Waals surface area contributed by atoms with Crippen LogP contribution < -0.4 is 25.4 Å². The number of aromatic amines is 1. The van der Waals surface area contributed by atoms with Crippen molar-refractivity contribution in [2.24, 2.45) is 15.8 Å². The van der Waals surface area contributed by atoms with Crippen LogP contribution in [0.4, 0.5) is 0 Å². The number of aliphatic hydroxyl groups excluding tert-OH is 2. The summed E-state index contributed by atoms with van der Waals surface area (Å²) in [7, 11) is -2.96. The maximum Gasteiger partial charge on any atom is 0.395 e. The first kappa shape index (κ1) is 31.3. The topological polar surface area (TPSA) is 244 Å². The lowest BCUT2D eigenvalue weighted by atomic mass is 10.1. The lowest BCUT2D eigenvalue weighted by molar-refractivity contribution is -0.169. The van der Waals surface area contributed by atoms with Gasteiger partial charge in [-0.2, -0.15) is 0 Å². The second-order valence-electron chi connectivity index (χ2n) is 8.90. The number of H-pyrrole nitrogens is 1. The van der Waals surface area contributed by atoms with Crippen LogP contribution >= 0.6 is 31.4 Å². The largest absolute Gasteiger partial charge is 0.575 e. The summed E-state index contributed by atoms with van der Waals surface area (Å²) in [6, 6.07) is 2.12.